The second kappa shape index (κ2) is 7.83. The van der Waals surface area contributed by atoms with Crippen LogP contribution in [0.4, 0.5) is 9.39 Å². The van der Waals surface area contributed by atoms with E-state index < -0.39 is 5.97 Å². The molecule has 0 bridgehead atoms. The topological polar surface area (TPSA) is 55.4 Å². The highest BCUT2D eigenvalue weighted by molar-refractivity contribution is 7.17. The molecule has 136 valence electrons. The van der Waals surface area contributed by atoms with Gasteiger partial charge in [0.15, 0.2) is 0 Å². The molecular weight excluding hydrogens is 353 g/mol. The molecule has 26 heavy (non-hydrogen) atoms. The summed E-state index contributed by atoms with van der Waals surface area (Å²) in [6, 6.07) is 5.84. The molecule has 1 aliphatic carbocycles. The van der Waals surface area contributed by atoms with Gasteiger partial charge in [-0.15, -0.1) is 11.3 Å². The average Bonchev–Trinajstić information content (AvgIpc) is 2.97. The second-order valence-corrected chi connectivity index (χ2v) is 7.53. The monoisotopic (exact) mass is 373 g/mol. The number of methoxy groups -OCH3 is 1. The van der Waals surface area contributed by atoms with Crippen LogP contribution in [0.3, 0.4) is 0 Å². The smallest absolute Gasteiger partial charge is 0.341 e. The van der Waals surface area contributed by atoms with Crippen molar-refractivity contribution in [2.75, 3.05) is 12.4 Å². The number of ether oxygens (including phenoxy) is 1. The van der Waals surface area contributed by atoms with E-state index in [9.17, 15) is 14.0 Å². The number of halogens is 1. The summed E-state index contributed by atoms with van der Waals surface area (Å²) >= 11 is 1.45. The van der Waals surface area contributed by atoms with Crippen LogP contribution in [0.1, 0.15) is 39.7 Å². The fourth-order valence-corrected chi connectivity index (χ4v) is 4.46. The number of nitrogens with one attached hydrogen (secondary N) is 1. The Balaban J connectivity index is 1.81. The van der Waals surface area contributed by atoms with Crippen LogP contribution in [0.5, 0.6) is 0 Å². The van der Waals surface area contributed by atoms with Gasteiger partial charge in [0.1, 0.15) is 10.8 Å². The molecule has 0 radical (unpaired) electrons. The Morgan fingerprint density at radius 3 is 2.73 bits per heavy atom. The molecule has 6 heteroatoms. The molecule has 0 unspecified atom stereocenters. The zero-order chi connectivity index (χ0) is 18.7. The van der Waals surface area contributed by atoms with Gasteiger partial charge >= 0.3 is 5.97 Å². The van der Waals surface area contributed by atoms with Crippen molar-refractivity contribution in [3.8, 4) is 0 Å². The molecule has 1 aromatic carbocycles. The Hall–Kier alpha value is -2.47. The summed E-state index contributed by atoms with van der Waals surface area (Å²) in [5.74, 6) is -0.526. The van der Waals surface area contributed by atoms with E-state index in [4.69, 9.17) is 4.74 Å². The molecule has 0 aliphatic heterocycles. The Morgan fingerprint density at radius 1 is 1.31 bits per heavy atom. The van der Waals surface area contributed by atoms with E-state index >= 15 is 0 Å². The number of hydrogen-bond donors (Lipinski definition) is 1. The van der Waals surface area contributed by atoms with Crippen LogP contribution in [-0.4, -0.2) is 19.0 Å². The van der Waals surface area contributed by atoms with Crippen molar-refractivity contribution < 1.29 is 18.7 Å². The van der Waals surface area contributed by atoms with Gasteiger partial charge in [0, 0.05) is 11.0 Å². The van der Waals surface area contributed by atoms with E-state index in [1.807, 2.05) is 0 Å². The fraction of sp³-hybridized carbons (Fsp3) is 0.300. The van der Waals surface area contributed by atoms with Crippen LogP contribution in [0, 0.1) is 11.7 Å². The SMILES string of the molecule is COC(=O)c1c(NC(=O)/C=C/c2ccc(F)cc2)sc2c1CC[C@@H](C)C2. The van der Waals surface area contributed by atoms with E-state index in [0.717, 1.165) is 29.7 Å². The number of rotatable bonds is 4. The number of amides is 1. The van der Waals surface area contributed by atoms with Gasteiger partial charge in [-0.2, -0.15) is 0 Å². The number of carbonyl (C=O) groups excluding carboxylic acids is 2. The molecule has 2 aromatic rings. The zero-order valence-corrected chi connectivity index (χ0v) is 15.5. The molecule has 0 spiro atoms. The lowest BCUT2D eigenvalue weighted by Crippen LogP contribution is -2.14. The number of fused-ring (bicyclic) bond motifs is 1. The van der Waals surface area contributed by atoms with Gasteiger partial charge in [0.25, 0.3) is 0 Å². The van der Waals surface area contributed by atoms with E-state index in [0.29, 0.717) is 22.0 Å². The summed E-state index contributed by atoms with van der Waals surface area (Å²) in [4.78, 5) is 25.6. The van der Waals surface area contributed by atoms with Gasteiger partial charge in [-0.1, -0.05) is 19.1 Å². The minimum absolute atomic E-state index is 0.326. The Labute approximate surface area is 155 Å². The van der Waals surface area contributed by atoms with Gasteiger partial charge in [-0.05, 0) is 54.5 Å². The second-order valence-electron chi connectivity index (χ2n) is 6.42. The van der Waals surface area contributed by atoms with Crippen LogP contribution in [0.25, 0.3) is 6.08 Å². The third-order valence-electron chi connectivity index (χ3n) is 4.44. The van der Waals surface area contributed by atoms with Crippen LogP contribution in [-0.2, 0) is 22.4 Å². The van der Waals surface area contributed by atoms with Crippen LogP contribution in [0.2, 0.25) is 0 Å². The summed E-state index contributed by atoms with van der Waals surface area (Å²) < 4.78 is 17.8. The first kappa shape index (κ1) is 18.3. The number of benzene rings is 1. The molecule has 1 heterocycles. The van der Waals surface area contributed by atoms with Gasteiger partial charge in [-0.3, -0.25) is 4.79 Å². The fourth-order valence-electron chi connectivity index (χ4n) is 3.06. The van der Waals surface area contributed by atoms with Gasteiger partial charge in [-0.25, -0.2) is 9.18 Å². The lowest BCUT2D eigenvalue weighted by atomic mass is 9.88. The third kappa shape index (κ3) is 4.02. The zero-order valence-electron chi connectivity index (χ0n) is 14.7. The third-order valence-corrected chi connectivity index (χ3v) is 5.60. The molecule has 0 saturated carbocycles. The number of carbonyl (C=O) groups is 2. The summed E-state index contributed by atoms with van der Waals surface area (Å²) in [7, 11) is 1.35. The van der Waals surface area contributed by atoms with Crippen molar-refractivity contribution in [3.63, 3.8) is 0 Å². The lowest BCUT2D eigenvalue weighted by molar-refractivity contribution is -0.111. The maximum absolute atomic E-state index is 12.9. The quantitative estimate of drug-likeness (QED) is 0.636. The van der Waals surface area contributed by atoms with Crippen LogP contribution >= 0.6 is 11.3 Å². The molecule has 1 amide bonds. The largest absolute Gasteiger partial charge is 0.465 e. The van der Waals surface area contributed by atoms with Crippen molar-refractivity contribution in [1.29, 1.82) is 0 Å². The summed E-state index contributed by atoms with van der Waals surface area (Å²) in [6.45, 7) is 2.18. The normalized spacial score (nSPS) is 16.3. The minimum Gasteiger partial charge on any atom is -0.465 e. The predicted molar refractivity (Wildman–Crippen MR) is 101 cm³/mol. The first-order valence-electron chi connectivity index (χ1n) is 8.45. The van der Waals surface area contributed by atoms with Crippen molar-refractivity contribution >= 4 is 34.3 Å². The number of hydrogen-bond acceptors (Lipinski definition) is 4. The molecule has 1 aliphatic rings. The van der Waals surface area contributed by atoms with Gasteiger partial charge in [0.2, 0.25) is 5.91 Å². The van der Waals surface area contributed by atoms with Gasteiger partial charge in [0.05, 0.1) is 12.7 Å². The molecule has 0 saturated heterocycles. The number of anilines is 1. The molecule has 3 rings (SSSR count). The average molecular weight is 373 g/mol. The summed E-state index contributed by atoms with van der Waals surface area (Å²) in [5, 5.41) is 3.33. The van der Waals surface area contributed by atoms with E-state index in [1.54, 1.807) is 18.2 Å². The molecule has 4 nitrogen and oxygen atoms in total. The van der Waals surface area contributed by atoms with E-state index in [1.165, 1.54) is 36.7 Å². The molecule has 1 atom stereocenters. The highest BCUT2D eigenvalue weighted by atomic mass is 32.1. The van der Waals surface area contributed by atoms with Crippen molar-refractivity contribution in [2.45, 2.75) is 26.2 Å². The van der Waals surface area contributed by atoms with E-state index in [2.05, 4.69) is 12.2 Å². The molecule has 1 aromatic heterocycles. The summed E-state index contributed by atoms with van der Waals surface area (Å²) in [5.41, 5.74) is 2.19. The number of esters is 1. The maximum Gasteiger partial charge on any atom is 0.341 e. The summed E-state index contributed by atoms with van der Waals surface area (Å²) in [6.07, 6.45) is 5.72. The first-order chi connectivity index (χ1) is 12.5. The Morgan fingerprint density at radius 2 is 2.04 bits per heavy atom. The maximum atomic E-state index is 12.9. The predicted octanol–water partition coefficient (Wildman–Crippen LogP) is 4.45. The highest BCUT2D eigenvalue weighted by Crippen LogP contribution is 2.40. The number of thiophene rings is 1. The van der Waals surface area contributed by atoms with Gasteiger partial charge < -0.3 is 10.1 Å². The van der Waals surface area contributed by atoms with Crippen LogP contribution < -0.4 is 5.32 Å². The lowest BCUT2D eigenvalue weighted by Gasteiger charge is -2.18. The minimum atomic E-state index is -0.421. The van der Waals surface area contributed by atoms with Crippen molar-refractivity contribution in [3.05, 3.63) is 57.7 Å². The Kier molecular flexibility index (Phi) is 5.52. The standard InChI is InChI=1S/C20H20FNO3S/c1-12-3-9-15-16(11-12)26-19(18(15)20(24)25-2)22-17(23)10-6-13-4-7-14(21)8-5-13/h4-8,10,12H,3,9,11H2,1-2H3,(H,22,23)/b10-6+/t12-/m1/s1. The highest BCUT2D eigenvalue weighted by Gasteiger charge is 2.28. The Bertz CT molecular complexity index is 855. The van der Waals surface area contributed by atoms with Crippen molar-refractivity contribution in [1.82, 2.24) is 0 Å². The van der Waals surface area contributed by atoms with Crippen LogP contribution in [0.15, 0.2) is 30.3 Å². The molecule has 1 N–H and O–H groups in total. The van der Waals surface area contributed by atoms with Crippen molar-refractivity contribution in [2.24, 2.45) is 5.92 Å². The molecular formula is C20H20FNO3S. The first-order valence-corrected chi connectivity index (χ1v) is 9.27. The molecule has 0 fully saturated rings. The van der Waals surface area contributed by atoms with E-state index in [-0.39, 0.29) is 11.7 Å².